The van der Waals surface area contributed by atoms with Gasteiger partial charge in [0.25, 0.3) is 6.71 Å². The van der Waals surface area contributed by atoms with E-state index in [4.69, 9.17) is 0 Å². The molecule has 0 saturated heterocycles. The highest BCUT2D eigenvalue weighted by Crippen LogP contribution is 2.46. The summed E-state index contributed by atoms with van der Waals surface area (Å²) in [4.78, 5) is 0. The normalized spacial score (nSPS) is 12.2. The van der Waals surface area contributed by atoms with E-state index in [1.165, 1.54) is 0 Å². The molecular weight excluding hydrogens is 952 g/mol. The third-order valence-electron chi connectivity index (χ3n) is 11.1. The van der Waals surface area contributed by atoms with Crippen LogP contribution in [-0.4, -0.2) is 6.71 Å². The number of rotatable bonds is 4. The monoisotopic (exact) mass is 956 g/mol. The smallest absolute Gasteiger partial charge is 0.206 e. The molecule has 0 unspecified atom stereocenters. The summed E-state index contributed by atoms with van der Waals surface area (Å²) in [5.41, 5.74) is -14.0. The van der Waals surface area contributed by atoms with Gasteiger partial charge in [-0.25, -0.2) is 101 Å². The third kappa shape index (κ3) is 5.34. The van der Waals surface area contributed by atoms with Crippen LogP contribution in [0.2, 0.25) is 0 Å². The summed E-state index contributed by atoms with van der Waals surface area (Å²) in [6, 6.07) is 1.96. The topological polar surface area (TPSA) is 0 Å². The molecule has 0 aromatic heterocycles. The molecule has 9 aromatic rings. The number of halogens is 23. The number of benzene rings is 9. The zero-order valence-corrected chi connectivity index (χ0v) is 30.6. The number of hydrogen-bond donors (Lipinski definition) is 0. The maximum Gasteiger partial charge on any atom is 0.255 e. The van der Waals surface area contributed by atoms with Crippen LogP contribution in [0, 0.1) is 134 Å². The minimum absolute atomic E-state index is 0.126. The molecule has 24 heteroatoms. The SMILES string of the molecule is Fc1c(F)c(F)c(-c2c(F)c(F)c(F)c(F)c2B(c2c(F)c(F)c(F)c3c(F)c4c(F)cccc4cc23)c2c(F)c(F)c3c(F)c(F)c4c(F)c(F)c(F)c5c(F)c(F)c2c3c45)c(F)c1F. The molecule has 0 amide bonds. The Morgan fingerprint density at radius 1 is 0.242 bits per heavy atom. The lowest BCUT2D eigenvalue weighted by atomic mass is 9.34. The summed E-state index contributed by atoms with van der Waals surface area (Å²) in [5, 5.41) is -19.9. The van der Waals surface area contributed by atoms with E-state index < -0.39 is 222 Å². The van der Waals surface area contributed by atoms with Gasteiger partial charge in [0, 0.05) is 21.7 Å². The first-order valence-electron chi connectivity index (χ1n) is 17.5. The van der Waals surface area contributed by atoms with Crippen molar-refractivity contribution in [3.8, 4) is 11.1 Å². The molecule has 0 nitrogen and oxygen atoms in total. The highest BCUT2D eigenvalue weighted by Gasteiger charge is 2.46. The lowest BCUT2D eigenvalue weighted by molar-refractivity contribution is 0.379. The van der Waals surface area contributed by atoms with Gasteiger partial charge in [-0.3, -0.25) is 0 Å². The van der Waals surface area contributed by atoms with Gasteiger partial charge < -0.3 is 0 Å². The fourth-order valence-electron chi connectivity index (χ4n) is 8.36. The molecule has 9 aromatic carbocycles. The summed E-state index contributed by atoms with van der Waals surface area (Å²) in [6.45, 7) is -4.31. The minimum atomic E-state index is -4.31. The zero-order valence-electron chi connectivity index (χ0n) is 30.6. The van der Waals surface area contributed by atoms with Gasteiger partial charge in [0.15, 0.2) is 116 Å². The van der Waals surface area contributed by atoms with Gasteiger partial charge >= 0.3 is 0 Å². The molecule has 0 aliphatic rings. The average molecular weight is 956 g/mol. The Morgan fingerprint density at radius 3 is 1.12 bits per heavy atom. The molecular formula is C42H4BF23. The second kappa shape index (κ2) is 14.5. The van der Waals surface area contributed by atoms with Crippen LogP contribution in [0.4, 0.5) is 101 Å². The van der Waals surface area contributed by atoms with Gasteiger partial charge in [-0.1, -0.05) is 12.1 Å². The van der Waals surface area contributed by atoms with Crippen molar-refractivity contribution in [2.24, 2.45) is 0 Å². The molecule has 0 heterocycles. The van der Waals surface area contributed by atoms with Crippen LogP contribution < -0.4 is 16.4 Å². The maximum atomic E-state index is 17.1. The maximum absolute atomic E-state index is 17.1. The van der Waals surface area contributed by atoms with E-state index in [2.05, 4.69) is 0 Å². The molecule has 0 N–H and O–H groups in total. The molecule has 0 aliphatic carbocycles. The molecule has 9 rings (SSSR count). The van der Waals surface area contributed by atoms with Crippen molar-refractivity contribution < 1.29 is 101 Å². The molecule has 0 atom stereocenters. The molecule has 66 heavy (non-hydrogen) atoms. The van der Waals surface area contributed by atoms with Gasteiger partial charge in [0.05, 0.1) is 32.5 Å². The van der Waals surface area contributed by atoms with Crippen LogP contribution in [0.5, 0.6) is 0 Å². The first kappa shape index (κ1) is 44.2. The van der Waals surface area contributed by atoms with Crippen molar-refractivity contribution in [2.45, 2.75) is 0 Å². The fourth-order valence-corrected chi connectivity index (χ4v) is 8.36. The summed E-state index contributed by atoms with van der Waals surface area (Å²) >= 11 is 0. The summed E-state index contributed by atoms with van der Waals surface area (Å²) in [5.74, 6) is -69.4. The van der Waals surface area contributed by atoms with E-state index >= 15 is 79.0 Å². The lowest BCUT2D eigenvalue weighted by Gasteiger charge is -2.27. The first-order valence-corrected chi connectivity index (χ1v) is 17.5. The number of fused-ring (bicyclic) bond motifs is 2. The van der Waals surface area contributed by atoms with Crippen LogP contribution in [-0.2, 0) is 0 Å². The van der Waals surface area contributed by atoms with Crippen LogP contribution in [0.1, 0.15) is 0 Å². The Kier molecular flexibility index (Phi) is 9.71. The van der Waals surface area contributed by atoms with E-state index in [-0.39, 0.29) is 6.07 Å². The van der Waals surface area contributed by atoms with Gasteiger partial charge in [-0.2, -0.15) is 0 Å². The van der Waals surface area contributed by atoms with Gasteiger partial charge in [0.1, 0.15) is 11.6 Å². The van der Waals surface area contributed by atoms with Crippen molar-refractivity contribution in [2.75, 3.05) is 0 Å². The molecule has 0 aliphatic heterocycles. The zero-order chi connectivity index (χ0) is 48.3. The fraction of sp³-hybridized carbons (Fsp3) is 0. The van der Waals surface area contributed by atoms with Crippen molar-refractivity contribution in [3.63, 3.8) is 0 Å². The molecule has 0 fully saturated rings. The second-order valence-electron chi connectivity index (χ2n) is 14.2. The first-order chi connectivity index (χ1) is 30.9. The van der Waals surface area contributed by atoms with Crippen LogP contribution in [0.15, 0.2) is 24.3 Å². The average Bonchev–Trinajstić information content (AvgIpc) is 3.28. The van der Waals surface area contributed by atoms with Crippen molar-refractivity contribution in [1.82, 2.24) is 0 Å². The lowest BCUT2D eigenvalue weighted by Crippen LogP contribution is -2.58. The van der Waals surface area contributed by atoms with Gasteiger partial charge in [-0.05, 0) is 39.3 Å². The van der Waals surface area contributed by atoms with E-state index in [9.17, 15) is 22.0 Å². The highest BCUT2D eigenvalue weighted by atomic mass is 19.2. The largest absolute Gasteiger partial charge is 0.255 e. The predicted molar refractivity (Wildman–Crippen MR) is 187 cm³/mol. The van der Waals surface area contributed by atoms with Crippen LogP contribution in [0.3, 0.4) is 0 Å². The Morgan fingerprint density at radius 2 is 0.591 bits per heavy atom. The number of hydrogen-bond acceptors (Lipinski definition) is 0. The van der Waals surface area contributed by atoms with E-state index in [1.54, 1.807) is 0 Å². The molecule has 0 bridgehead atoms. The molecule has 0 saturated carbocycles. The Balaban J connectivity index is 1.67. The Bertz CT molecular complexity index is 3700. The highest BCUT2D eigenvalue weighted by molar-refractivity contribution is 6.99. The summed E-state index contributed by atoms with van der Waals surface area (Å²) in [7, 11) is 0. The quantitative estimate of drug-likeness (QED) is 0.0412. The Hall–Kier alpha value is -7.01. The van der Waals surface area contributed by atoms with E-state index in [0.29, 0.717) is 18.2 Å². The minimum Gasteiger partial charge on any atom is -0.206 e. The Labute approximate surface area is 347 Å². The van der Waals surface area contributed by atoms with Gasteiger partial charge in [0.2, 0.25) is 5.82 Å². The van der Waals surface area contributed by atoms with Crippen LogP contribution >= 0.6 is 0 Å². The summed E-state index contributed by atoms with van der Waals surface area (Å²) < 4.78 is 362. The van der Waals surface area contributed by atoms with Crippen molar-refractivity contribution in [3.05, 3.63) is 158 Å². The van der Waals surface area contributed by atoms with Crippen LogP contribution in [0.25, 0.3) is 65.0 Å². The van der Waals surface area contributed by atoms with E-state index in [1.807, 2.05) is 0 Å². The predicted octanol–water partition coefficient (Wildman–Crippen LogP) is 12.3. The molecule has 0 radical (unpaired) electrons. The third-order valence-corrected chi connectivity index (χ3v) is 11.1. The van der Waals surface area contributed by atoms with Gasteiger partial charge in [-0.15, -0.1) is 0 Å². The molecule has 0 spiro atoms. The van der Waals surface area contributed by atoms with Crippen molar-refractivity contribution in [1.29, 1.82) is 0 Å². The van der Waals surface area contributed by atoms with Crippen molar-refractivity contribution >= 4 is 77.0 Å². The standard InChI is InChI=1S/C42H4BF23/c44-7-3-1-2-5-4-6-9(21(45)8(5)7)22(46)37(61)33(57)18(6)43(20-13(24(48)38(62)41(65)35(20)59)17-31(55)39(63)42(66)40(64)32(17)56)19-12-10-11-15(25(49)23(12)47)29(53)36(60)30(54)16(11)27(51)26(50)14(10)28(52)34(19)58/h1-4H. The second-order valence-corrected chi connectivity index (χ2v) is 14.2. The van der Waals surface area contributed by atoms with E-state index in [0.717, 1.165) is 0 Å². The molecule has 336 valence electrons. The summed E-state index contributed by atoms with van der Waals surface area (Å²) in [6.07, 6.45) is 0.